The Hall–Kier alpha value is -2.20. The first kappa shape index (κ1) is 14.4. The Bertz CT molecular complexity index is 765. The molecule has 0 spiro atoms. The SMILES string of the molecule is c1cc(CN2CCC[C@@H](Cc3ccc4[nH]ncc4c3)C2)ccn1. The van der Waals surface area contributed by atoms with Gasteiger partial charge in [-0.05, 0) is 67.1 Å². The Balaban J connectivity index is 1.40. The number of hydrogen-bond donors (Lipinski definition) is 1. The molecule has 1 N–H and O–H groups in total. The van der Waals surface area contributed by atoms with E-state index in [0.717, 1.165) is 24.4 Å². The highest BCUT2D eigenvalue weighted by molar-refractivity contribution is 5.78. The number of benzene rings is 1. The fourth-order valence-corrected chi connectivity index (χ4v) is 3.66. The van der Waals surface area contributed by atoms with Crippen molar-refractivity contribution in [2.45, 2.75) is 25.8 Å². The molecule has 1 fully saturated rings. The molecule has 1 saturated heterocycles. The molecule has 2 aromatic heterocycles. The molecule has 0 bridgehead atoms. The Morgan fingerprint density at radius 1 is 1.13 bits per heavy atom. The van der Waals surface area contributed by atoms with Gasteiger partial charge in [0.1, 0.15) is 0 Å². The van der Waals surface area contributed by atoms with E-state index in [9.17, 15) is 0 Å². The standard InChI is InChI=1S/C19H22N4/c1-2-17(10-16-3-4-19-18(11-16)12-21-22-19)14-23(9-1)13-15-5-7-20-8-6-15/h3-8,11-12,17H,1-2,9-10,13-14H2,(H,21,22)/t17-/m0/s1. The van der Waals surface area contributed by atoms with Crippen LogP contribution in [-0.4, -0.2) is 33.2 Å². The second kappa shape index (κ2) is 6.50. The summed E-state index contributed by atoms with van der Waals surface area (Å²) in [7, 11) is 0. The molecule has 0 saturated carbocycles. The maximum atomic E-state index is 4.11. The van der Waals surface area contributed by atoms with Crippen molar-refractivity contribution in [3.05, 3.63) is 60.0 Å². The highest BCUT2D eigenvalue weighted by Crippen LogP contribution is 2.23. The van der Waals surface area contributed by atoms with Crippen molar-refractivity contribution in [1.29, 1.82) is 0 Å². The van der Waals surface area contributed by atoms with Crippen molar-refractivity contribution in [2.75, 3.05) is 13.1 Å². The van der Waals surface area contributed by atoms with Crippen LogP contribution in [0.4, 0.5) is 0 Å². The summed E-state index contributed by atoms with van der Waals surface area (Å²) in [6.45, 7) is 3.44. The predicted molar refractivity (Wildman–Crippen MR) is 92.0 cm³/mol. The van der Waals surface area contributed by atoms with Crippen molar-refractivity contribution in [3.8, 4) is 0 Å². The molecular formula is C19H22N4. The predicted octanol–water partition coefficient (Wildman–Crippen LogP) is 3.41. The molecule has 1 aliphatic rings. The largest absolute Gasteiger partial charge is 0.299 e. The number of piperidine rings is 1. The fraction of sp³-hybridized carbons (Fsp3) is 0.368. The number of likely N-dealkylation sites (tertiary alicyclic amines) is 1. The van der Waals surface area contributed by atoms with Gasteiger partial charge in [0.25, 0.3) is 0 Å². The number of H-pyrrole nitrogens is 1. The van der Waals surface area contributed by atoms with E-state index in [1.807, 2.05) is 18.6 Å². The summed E-state index contributed by atoms with van der Waals surface area (Å²) >= 11 is 0. The average Bonchev–Trinajstić information content (AvgIpc) is 3.04. The highest BCUT2D eigenvalue weighted by Gasteiger charge is 2.20. The molecule has 4 heteroatoms. The van der Waals surface area contributed by atoms with Crippen LogP contribution in [0.1, 0.15) is 24.0 Å². The van der Waals surface area contributed by atoms with Gasteiger partial charge in [0, 0.05) is 30.9 Å². The van der Waals surface area contributed by atoms with Crippen LogP contribution < -0.4 is 0 Å². The monoisotopic (exact) mass is 306 g/mol. The van der Waals surface area contributed by atoms with Gasteiger partial charge >= 0.3 is 0 Å². The maximum Gasteiger partial charge on any atom is 0.0650 e. The quantitative estimate of drug-likeness (QED) is 0.803. The first-order valence-corrected chi connectivity index (χ1v) is 8.40. The molecule has 3 heterocycles. The first-order chi connectivity index (χ1) is 11.4. The van der Waals surface area contributed by atoms with Crippen molar-refractivity contribution in [2.24, 2.45) is 5.92 Å². The summed E-state index contributed by atoms with van der Waals surface area (Å²) in [5.41, 5.74) is 3.91. The molecule has 1 aliphatic heterocycles. The van der Waals surface area contributed by atoms with Crippen LogP contribution in [0.3, 0.4) is 0 Å². The van der Waals surface area contributed by atoms with E-state index in [2.05, 4.69) is 50.4 Å². The number of pyridine rings is 1. The van der Waals surface area contributed by atoms with Gasteiger partial charge in [-0.3, -0.25) is 15.0 Å². The van der Waals surface area contributed by atoms with E-state index >= 15 is 0 Å². The van der Waals surface area contributed by atoms with Crippen LogP contribution in [0.25, 0.3) is 10.9 Å². The Morgan fingerprint density at radius 3 is 2.96 bits per heavy atom. The van der Waals surface area contributed by atoms with Gasteiger partial charge < -0.3 is 0 Å². The number of aromatic nitrogens is 3. The number of nitrogens with one attached hydrogen (secondary N) is 1. The molecule has 0 aliphatic carbocycles. The van der Waals surface area contributed by atoms with Crippen LogP contribution in [0.2, 0.25) is 0 Å². The average molecular weight is 306 g/mol. The second-order valence-electron chi connectivity index (χ2n) is 6.59. The zero-order valence-corrected chi connectivity index (χ0v) is 13.3. The van der Waals surface area contributed by atoms with Crippen molar-refractivity contribution in [3.63, 3.8) is 0 Å². The molecule has 1 aromatic carbocycles. The zero-order chi connectivity index (χ0) is 15.5. The Labute approximate surface area is 136 Å². The number of aromatic amines is 1. The summed E-state index contributed by atoms with van der Waals surface area (Å²) in [5.74, 6) is 0.745. The Kier molecular flexibility index (Phi) is 4.07. The number of nitrogens with zero attached hydrogens (tertiary/aromatic N) is 3. The lowest BCUT2D eigenvalue weighted by Gasteiger charge is -2.32. The lowest BCUT2D eigenvalue weighted by Crippen LogP contribution is -2.35. The minimum absolute atomic E-state index is 0.745. The lowest BCUT2D eigenvalue weighted by atomic mass is 9.91. The van der Waals surface area contributed by atoms with Crippen LogP contribution in [0, 0.1) is 5.92 Å². The van der Waals surface area contributed by atoms with Gasteiger partial charge in [0.05, 0.1) is 11.7 Å². The van der Waals surface area contributed by atoms with Gasteiger partial charge in [-0.1, -0.05) is 6.07 Å². The third kappa shape index (κ3) is 3.42. The molecule has 0 amide bonds. The van der Waals surface area contributed by atoms with Gasteiger partial charge in [-0.25, -0.2) is 0 Å². The number of hydrogen-bond acceptors (Lipinski definition) is 3. The molecule has 1 atom stereocenters. The van der Waals surface area contributed by atoms with Crippen molar-refractivity contribution >= 4 is 10.9 Å². The van der Waals surface area contributed by atoms with E-state index in [1.165, 1.54) is 42.4 Å². The summed E-state index contributed by atoms with van der Waals surface area (Å²) in [6, 6.07) is 10.9. The summed E-state index contributed by atoms with van der Waals surface area (Å²) in [5, 5.41) is 8.35. The van der Waals surface area contributed by atoms with Crippen molar-refractivity contribution < 1.29 is 0 Å². The topological polar surface area (TPSA) is 44.8 Å². The number of fused-ring (bicyclic) bond motifs is 1. The molecule has 0 unspecified atom stereocenters. The summed E-state index contributed by atoms with van der Waals surface area (Å²) in [6.07, 6.45) is 9.47. The Morgan fingerprint density at radius 2 is 2.04 bits per heavy atom. The van der Waals surface area contributed by atoms with Crippen LogP contribution in [0.5, 0.6) is 0 Å². The van der Waals surface area contributed by atoms with E-state index in [0.29, 0.717) is 0 Å². The van der Waals surface area contributed by atoms with Gasteiger partial charge in [0.2, 0.25) is 0 Å². The van der Waals surface area contributed by atoms with E-state index in [4.69, 9.17) is 0 Å². The third-order valence-electron chi connectivity index (χ3n) is 4.79. The van der Waals surface area contributed by atoms with Gasteiger partial charge in [-0.2, -0.15) is 5.10 Å². The molecule has 4 nitrogen and oxygen atoms in total. The lowest BCUT2D eigenvalue weighted by molar-refractivity contribution is 0.167. The van der Waals surface area contributed by atoms with Gasteiger partial charge in [-0.15, -0.1) is 0 Å². The molecule has 118 valence electrons. The van der Waals surface area contributed by atoms with E-state index in [-0.39, 0.29) is 0 Å². The maximum absolute atomic E-state index is 4.11. The van der Waals surface area contributed by atoms with Crippen LogP contribution >= 0.6 is 0 Å². The van der Waals surface area contributed by atoms with Crippen molar-refractivity contribution in [1.82, 2.24) is 20.1 Å². The van der Waals surface area contributed by atoms with E-state index < -0.39 is 0 Å². The van der Waals surface area contributed by atoms with Gasteiger partial charge in [0.15, 0.2) is 0 Å². The second-order valence-corrected chi connectivity index (χ2v) is 6.59. The molecule has 3 aromatic rings. The molecular weight excluding hydrogens is 284 g/mol. The first-order valence-electron chi connectivity index (χ1n) is 8.40. The summed E-state index contributed by atoms with van der Waals surface area (Å²) in [4.78, 5) is 6.69. The minimum Gasteiger partial charge on any atom is -0.299 e. The molecule has 0 radical (unpaired) electrons. The highest BCUT2D eigenvalue weighted by atomic mass is 15.1. The zero-order valence-electron chi connectivity index (χ0n) is 13.3. The minimum atomic E-state index is 0.745. The summed E-state index contributed by atoms with van der Waals surface area (Å²) < 4.78 is 0. The number of rotatable bonds is 4. The normalized spacial score (nSPS) is 19.2. The third-order valence-corrected chi connectivity index (χ3v) is 4.79. The van der Waals surface area contributed by atoms with E-state index in [1.54, 1.807) is 0 Å². The van der Waals surface area contributed by atoms with Crippen LogP contribution in [0.15, 0.2) is 48.9 Å². The smallest absolute Gasteiger partial charge is 0.0650 e. The molecule has 4 rings (SSSR count). The molecule has 23 heavy (non-hydrogen) atoms. The van der Waals surface area contributed by atoms with Crippen LogP contribution in [-0.2, 0) is 13.0 Å². The fourth-order valence-electron chi connectivity index (χ4n) is 3.66.